The van der Waals surface area contributed by atoms with Crippen molar-refractivity contribution in [2.24, 2.45) is 5.73 Å². The van der Waals surface area contributed by atoms with E-state index >= 15 is 0 Å². The molecule has 1 aliphatic heterocycles. The molecule has 0 saturated heterocycles. The standard InChI is InChI=1S/C16H11N5OS/c17-8-10-12(9-3-5-19-6-4-9)13-14(11-2-1-7-23-11)20-21-16(13)22-15(10)18/h1-7,12H,18H2,(H,20,21)/t12-/m0/s1. The van der Waals surface area contributed by atoms with Gasteiger partial charge in [0.05, 0.1) is 22.1 Å². The lowest BCUT2D eigenvalue weighted by atomic mass is 9.84. The van der Waals surface area contributed by atoms with Crippen molar-refractivity contribution in [2.45, 2.75) is 5.92 Å². The first-order chi connectivity index (χ1) is 11.3. The van der Waals surface area contributed by atoms with E-state index in [2.05, 4.69) is 21.3 Å². The fraction of sp³-hybridized carbons (Fsp3) is 0.0625. The van der Waals surface area contributed by atoms with E-state index < -0.39 is 0 Å². The predicted molar refractivity (Wildman–Crippen MR) is 85.4 cm³/mol. The topological polar surface area (TPSA) is 101 Å². The molecule has 3 aromatic rings. The number of fused-ring (bicyclic) bond motifs is 1. The summed E-state index contributed by atoms with van der Waals surface area (Å²) in [5.74, 6) is 0.167. The largest absolute Gasteiger partial charge is 0.420 e. The summed E-state index contributed by atoms with van der Waals surface area (Å²) in [4.78, 5) is 5.07. The first-order valence-electron chi connectivity index (χ1n) is 6.89. The predicted octanol–water partition coefficient (Wildman–Crippen LogP) is 2.75. The van der Waals surface area contributed by atoms with Crippen molar-refractivity contribution in [3.63, 3.8) is 0 Å². The molecule has 3 N–H and O–H groups in total. The Bertz CT molecular complexity index is 921. The zero-order chi connectivity index (χ0) is 15.8. The van der Waals surface area contributed by atoms with E-state index in [9.17, 15) is 5.26 Å². The summed E-state index contributed by atoms with van der Waals surface area (Å²) in [6.07, 6.45) is 3.39. The van der Waals surface area contributed by atoms with Gasteiger partial charge in [0.15, 0.2) is 0 Å². The van der Waals surface area contributed by atoms with E-state index in [0.717, 1.165) is 21.7 Å². The number of hydrogen-bond acceptors (Lipinski definition) is 6. The molecule has 23 heavy (non-hydrogen) atoms. The van der Waals surface area contributed by atoms with Crippen molar-refractivity contribution in [3.8, 4) is 22.5 Å². The lowest BCUT2D eigenvalue weighted by Crippen LogP contribution is -2.20. The Balaban J connectivity index is 1.97. The second-order valence-electron chi connectivity index (χ2n) is 5.00. The highest BCUT2D eigenvalue weighted by atomic mass is 32.1. The molecule has 112 valence electrons. The minimum Gasteiger partial charge on any atom is -0.420 e. The monoisotopic (exact) mass is 321 g/mol. The van der Waals surface area contributed by atoms with Crippen LogP contribution in [0.2, 0.25) is 0 Å². The third-order valence-electron chi connectivity index (χ3n) is 3.75. The van der Waals surface area contributed by atoms with Crippen LogP contribution >= 0.6 is 11.3 Å². The molecule has 4 heterocycles. The van der Waals surface area contributed by atoms with Crippen molar-refractivity contribution in [1.29, 1.82) is 5.26 Å². The van der Waals surface area contributed by atoms with Crippen molar-refractivity contribution in [3.05, 3.63) is 64.6 Å². The third-order valence-corrected chi connectivity index (χ3v) is 4.63. The molecule has 0 radical (unpaired) electrons. The number of rotatable bonds is 2. The fourth-order valence-electron chi connectivity index (χ4n) is 2.74. The van der Waals surface area contributed by atoms with Gasteiger partial charge in [-0.3, -0.25) is 10.1 Å². The molecular weight excluding hydrogens is 310 g/mol. The second kappa shape index (κ2) is 5.26. The van der Waals surface area contributed by atoms with E-state index in [1.807, 2.05) is 29.6 Å². The van der Waals surface area contributed by atoms with Crippen molar-refractivity contribution in [1.82, 2.24) is 15.2 Å². The van der Waals surface area contributed by atoms with Crippen molar-refractivity contribution >= 4 is 11.3 Å². The van der Waals surface area contributed by atoms with Gasteiger partial charge in [-0.15, -0.1) is 16.4 Å². The average molecular weight is 321 g/mol. The van der Waals surface area contributed by atoms with Crippen LogP contribution in [0, 0.1) is 11.3 Å². The van der Waals surface area contributed by atoms with Crippen LogP contribution in [-0.4, -0.2) is 15.2 Å². The lowest BCUT2D eigenvalue weighted by Gasteiger charge is -2.23. The number of thiophene rings is 1. The quantitative estimate of drug-likeness (QED) is 0.756. The van der Waals surface area contributed by atoms with E-state index in [-0.39, 0.29) is 11.8 Å². The van der Waals surface area contributed by atoms with Crippen LogP contribution in [0.15, 0.2) is 53.5 Å². The SMILES string of the molecule is N#CC1=C(N)Oc2n[nH]c(-c3cccs3)c2[C@H]1c1ccncc1. The summed E-state index contributed by atoms with van der Waals surface area (Å²) < 4.78 is 5.55. The Kier molecular flexibility index (Phi) is 3.10. The van der Waals surface area contributed by atoms with Crippen molar-refractivity contribution < 1.29 is 4.74 Å². The molecule has 1 atom stereocenters. The number of nitriles is 1. The number of hydrogen-bond donors (Lipinski definition) is 2. The molecule has 0 aromatic carbocycles. The van der Waals surface area contributed by atoms with Crippen molar-refractivity contribution in [2.75, 3.05) is 0 Å². The first kappa shape index (κ1) is 13.5. The van der Waals surface area contributed by atoms with E-state index in [4.69, 9.17) is 10.5 Å². The van der Waals surface area contributed by atoms with Gasteiger partial charge in [-0.2, -0.15) is 5.26 Å². The highest BCUT2D eigenvalue weighted by molar-refractivity contribution is 7.13. The number of nitrogens with zero attached hydrogens (tertiary/aromatic N) is 3. The summed E-state index contributed by atoms with van der Waals surface area (Å²) in [6.45, 7) is 0. The maximum absolute atomic E-state index is 9.57. The van der Waals surface area contributed by atoms with Gasteiger partial charge in [0.2, 0.25) is 11.8 Å². The number of nitrogens with two attached hydrogens (primary N) is 1. The van der Waals surface area contributed by atoms with Crippen LogP contribution in [0.3, 0.4) is 0 Å². The summed E-state index contributed by atoms with van der Waals surface area (Å²) >= 11 is 1.59. The van der Waals surface area contributed by atoms with Gasteiger partial charge >= 0.3 is 0 Å². The number of H-pyrrole nitrogens is 1. The number of aromatic nitrogens is 3. The highest BCUT2D eigenvalue weighted by Crippen LogP contribution is 2.46. The Labute approximate surface area is 135 Å². The molecule has 7 heteroatoms. The Morgan fingerprint density at radius 3 is 2.83 bits per heavy atom. The summed E-state index contributed by atoms with van der Waals surface area (Å²) in [5.41, 5.74) is 8.89. The number of ether oxygens (including phenoxy) is 1. The zero-order valence-corrected chi connectivity index (χ0v) is 12.7. The Morgan fingerprint density at radius 1 is 1.30 bits per heavy atom. The number of pyridine rings is 1. The highest BCUT2D eigenvalue weighted by Gasteiger charge is 2.35. The number of aromatic amines is 1. The fourth-order valence-corrected chi connectivity index (χ4v) is 3.48. The number of allylic oxidation sites excluding steroid dienone is 1. The molecule has 6 nitrogen and oxygen atoms in total. The molecule has 0 bridgehead atoms. The van der Waals surface area contributed by atoms with E-state index in [1.165, 1.54) is 0 Å². The van der Waals surface area contributed by atoms with Gasteiger partial charge in [0.1, 0.15) is 11.6 Å². The molecule has 0 unspecified atom stereocenters. The maximum Gasteiger partial charge on any atom is 0.244 e. The molecule has 3 aromatic heterocycles. The molecule has 0 fully saturated rings. The maximum atomic E-state index is 9.57. The molecule has 0 spiro atoms. The summed E-state index contributed by atoms with van der Waals surface area (Å²) in [7, 11) is 0. The van der Waals surface area contributed by atoms with Crippen LogP contribution in [0.5, 0.6) is 5.88 Å². The van der Waals surface area contributed by atoms with Crippen LogP contribution in [0.1, 0.15) is 17.0 Å². The van der Waals surface area contributed by atoms with Crippen LogP contribution < -0.4 is 10.5 Å². The smallest absolute Gasteiger partial charge is 0.244 e. The Morgan fingerprint density at radius 2 is 2.13 bits per heavy atom. The molecule has 0 aliphatic carbocycles. The third kappa shape index (κ3) is 2.08. The molecule has 0 amide bonds. The molecular formula is C16H11N5OS. The molecule has 0 saturated carbocycles. The second-order valence-corrected chi connectivity index (χ2v) is 5.95. The molecule has 1 aliphatic rings. The minimum atomic E-state index is -0.331. The van der Waals surface area contributed by atoms with Crippen LogP contribution in [-0.2, 0) is 0 Å². The van der Waals surface area contributed by atoms with Gasteiger partial charge in [0, 0.05) is 12.4 Å². The first-order valence-corrected chi connectivity index (χ1v) is 7.77. The van der Waals surface area contributed by atoms with Gasteiger partial charge in [-0.1, -0.05) is 6.07 Å². The van der Waals surface area contributed by atoms with E-state index in [1.54, 1.807) is 23.7 Å². The van der Waals surface area contributed by atoms with Gasteiger partial charge in [-0.05, 0) is 29.1 Å². The lowest BCUT2D eigenvalue weighted by molar-refractivity contribution is 0.379. The average Bonchev–Trinajstić information content (AvgIpc) is 3.23. The minimum absolute atomic E-state index is 0.0889. The van der Waals surface area contributed by atoms with Crippen LogP contribution in [0.4, 0.5) is 0 Å². The van der Waals surface area contributed by atoms with Gasteiger partial charge in [0.25, 0.3) is 0 Å². The van der Waals surface area contributed by atoms with Gasteiger partial charge in [-0.25, -0.2) is 0 Å². The van der Waals surface area contributed by atoms with Gasteiger partial charge < -0.3 is 10.5 Å². The zero-order valence-electron chi connectivity index (χ0n) is 11.9. The summed E-state index contributed by atoms with van der Waals surface area (Å²) in [5, 5.41) is 18.8. The van der Waals surface area contributed by atoms with E-state index in [0.29, 0.717) is 11.5 Å². The van der Waals surface area contributed by atoms with Crippen LogP contribution in [0.25, 0.3) is 10.6 Å². The Hall–Kier alpha value is -3.11. The number of nitrogens with one attached hydrogen (secondary N) is 1. The normalized spacial score (nSPS) is 16.6. The summed E-state index contributed by atoms with van der Waals surface area (Å²) in [6, 6.07) is 9.88. The molecule has 4 rings (SSSR count).